The second-order valence-corrected chi connectivity index (χ2v) is 5.22. The molecule has 0 amide bonds. The summed E-state index contributed by atoms with van der Waals surface area (Å²) in [6.45, 7) is 0. The molecule has 0 spiro atoms. The normalized spacial score (nSPS) is 18.4. The second-order valence-electron chi connectivity index (χ2n) is 5.22. The van der Waals surface area contributed by atoms with Crippen LogP contribution in [-0.4, -0.2) is 10.1 Å². The molecule has 2 aromatic rings. The van der Waals surface area contributed by atoms with Gasteiger partial charge in [0, 0.05) is 5.56 Å². The van der Waals surface area contributed by atoms with E-state index in [0.717, 1.165) is 30.5 Å². The molecule has 1 aromatic heterocycles. The monoisotopic (exact) mass is 293 g/mol. The average molecular weight is 293 g/mol. The molecule has 1 aliphatic rings. The molecule has 1 aromatic carbocycles. The first-order valence-corrected chi connectivity index (χ1v) is 6.80. The summed E-state index contributed by atoms with van der Waals surface area (Å²) < 4.78 is 37.6. The van der Waals surface area contributed by atoms with E-state index < -0.39 is 17.8 Å². The molecule has 2 nitrogen and oxygen atoms in total. The van der Waals surface area contributed by atoms with Crippen molar-refractivity contribution in [1.29, 1.82) is 0 Å². The highest BCUT2D eigenvalue weighted by molar-refractivity contribution is 5.60. The third kappa shape index (κ3) is 2.78. The van der Waals surface area contributed by atoms with Gasteiger partial charge in [0.1, 0.15) is 0 Å². The van der Waals surface area contributed by atoms with Gasteiger partial charge in [-0.15, -0.1) is 0 Å². The number of nitrogens with zero attached hydrogens (tertiary/aromatic N) is 1. The minimum absolute atomic E-state index is 0.580. The van der Waals surface area contributed by atoms with E-state index in [1.54, 1.807) is 6.07 Å². The highest BCUT2D eigenvalue weighted by Crippen LogP contribution is 2.32. The molecule has 1 unspecified atom stereocenters. The Labute approximate surface area is 120 Å². The SMILES string of the molecule is OC1CCCc2ccc(-c3ccc(C(F)(F)F)cc3)nc21. The van der Waals surface area contributed by atoms with Gasteiger partial charge in [-0.2, -0.15) is 13.2 Å². The number of fused-ring (bicyclic) bond motifs is 1. The number of benzene rings is 1. The standard InChI is InChI=1S/C16H14F3NO/c17-16(18,19)12-7-4-10(5-8-12)13-9-6-11-2-1-3-14(21)15(11)20-13/h4-9,14,21H,1-3H2. The average Bonchev–Trinajstić information content (AvgIpc) is 2.47. The van der Waals surface area contributed by atoms with Crippen LogP contribution >= 0.6 is 0 Å². The highest BCUT2D eigenvalue weighted by Gasteiger charge is 2.30. The zero-order valence-corrected chi connectivity index (χ0v) is 11.2. The predicted molar refractivity (Wildman–Crippen MR) is 72.6 cm³/mol. The number of aryl methyl sites for hydroxylation is 1. The predicted octanol–water partition coefficient (Wildman–Crippen LogP) is 4.14. The maximum atomic E-state index is 12.5. The molecular weight excluding hydrogens is 279 g/mol. The van der Waals surface area contributed by atoms with Gasteiger partial charge in [0.15, 0.2) is 0 Å². The van der Waals surface area contributed by atoms with Crippen LogP contribution in [-0.2, 0) is 12.6 Å². The number of halogens is 3. The summed E-state index contributed by atoms with van der Waals surface area (Å²) in [4.78, 5) is 4.43. The number of hydrogen-bond donors (Lipinski definition) is 1. The fourth-order valence-electron chi connectivity index (χ4n) is 2.62. The summed E-state index contributed by atoms with van der Waals surface area (Å²) in [5.74, 6) is 0. The summed E-state index contributed by atoms with van der Waals surface area (Å²) in [6, 6.07) is 8.61. The summed E-state index contributed by atoms with van der Waals surface area (Å²) >= 11 is 0. The van der Waals surface area contributed by atoms with Crippen molar-refractivity contribution in [1.82, 2.24) is 4.98 Å². The van der Waals surface area contributed by atoms with Gasteiger partial charge in [0.2, 0.25) is 0 Å². The van der Waals surface area contributed by atoms with Gasteiger partial charge in [0.25, 0.3) is 0 Å². The minimum Gasteiger partial charge on any atom is -0.387 e. The first-order chi connectivity index (χ1) is 9.95. The molecule has 0 aliphatic heterocycles. The van der Waals surface area contributed by atoms with E-state index in [9.17, 15) is 18.3 Å². The van der Waals surface area contributed by atoms with Crippen LogP contribution in [0.1, 0.15) is 35.8 Å². The van der Waals surface area contributed by atoms with E-state index in [-0.39, 0.29) is 0 Å². The number of aromatic nitrogens is 1. The molecule has 0 bridgehead atoms. The highest BCUT2D eigenvalue weighted by atomic mass is 19.4. The van der Waals surface area contributed by atoms with Gasteiger partial charge < -0.3 is 5.11 Å². The van der Waals surface area contributed by atoms with Crippen molar-refractivity contribution in [2.45, 2.75) is 31.5 Å². The molecule has 5 heteroatoms. The Morgan fingerprint density at radius 2 is 1.76 bits per heavy atom. The molecular formula is C16H14F3NO. The van der Waals surface area contributed by atoms with Crippen molar-refractivity contribution in [2.24, 2.45) is 0 Å². The van der Waals surface area contributed by atoms with Crippen molar-refractivity contribution in [2.75, 3.05) is 0 Å². The molecule has 1 atom stereocenters. The lowest BCUT2D eigenvalue weighted by molar-refractivity contribution is -0.137. The summed E-state index contributed by atoms with van der Waals surface area (Å²) in [5.41, 5.74) is 2.19. The third-order valence-electron chi connectivity index (χ3n) is 3.76. The molecule has 0 saturated carbocycles. The van der Waals surface area contributed by atoms with Crippen LogP contribution < -0.4 is 0 Å². The van der Waals surface area contributed by atoms with Gasteiger partial charge in [0.05, 0.1) is 23.1 Å². The van der Waals surface area contributed by atoms with Gasteiger partial charge in [-0.25, -0.2) is 4.98 Å². The van der Waals surface area contributed by atoms with E-state index in [4.69, 9.17) is 0 Å². The molecule has 1 N–H and O–H groups in total. The number of hydrogen-bond acceptors (Lipinski definition) is 2. The Kier molecular flexibility index (Phi) is 3.45. The molecule has 1 aliphatic carbocycles. The Hall–Kier alpha value is -1.88. The Bertz CT molecular complexity index is 650. The number of aliphatic hydroxyl groups excluding tert-OH is 1. The van der Waals surface area contributed by atoms with E-state index in [0.29, 0.717) is 23.4 Å². The van der Waals surface area contributed by atoms with Crippen molar-refractivity contribution in [3.63, 3.8) is 0 Å². The summed E-state index contributed by atoms with van der Waals surface area (Å²) in [7, 11) is 0. The van der Waals surface area contributed by atoms with E-state index in [1.165, 1.54) is 12.1 Å². The van der Waals surface area contributed by atoms with Gasteiger partial charge in [-0.1, -0.05) is 18.2 Å². The lowest BCUT2D eigenvalue weighted by Crippen LogP contribution is -2.11. The first kappa shape index (κ1) is 14.1. The topological polar surface area (TPSA) is 33.1 Å². The van der Waals surface area contributed by atoms with E-state index >= 15 is 0 Å². The van der Waals surface area contributed by atoms with Crippen LogP contribution in [0.4, 0.5) is 13.2 Å². The lowest BCUT2D eigenvalue weighted by atomic mass is 9.93. The van der Waals surface area contributed by atoms with E-state index in [1.807, 2.05) is 6.07 Å². The van der Waals surface area contributed by atoms with Crippen LogP contribution in [0.25, 0.3) is 11.3 Å². The van der Waals surface area contributed by atoms with Gasteiger partial charge in [-0.05, 0) is 43.0 Å². The maximum absolute atomic E-state index is 12.5. The van der Waals surface area contributed by atoms with Crippen molar-refractivity contribution in [3.05, 3.63) is 53.2 Å². The number of aliphatic hydroxyl groups is 1. The van der Waals surface area contributed by atoms with Crippen LogP contribution in [0.15, 0.2) is 36.4 Å². The van der Waals surface area contributed by atoms with Crippen molar-refractivity contribution in [3.8, 4) is 11.3 Å². The Morgan fingerprint density at radius 3 is 2.43 bits per heavy atom. The Morgan fingerprint density at radius 1 is 1.05 bits per heavy atom. The Balaban J connectivity index is 1.96. The zero-order valence-electron chi connectivity index (χ0n) is 11.2. The number of rotatable bonds is 1. The van der Waals surface area contributed by atoms with Crippen LogP contribution in [0.5, 0.6) is 0 Å². The van der Waals surface area contributed by atoms with Crippen LogP contribution in [0, 0.1) is 0 Å². The minimum atomic E-state index is -4.34. The van der Waals surface area contributed by atoms with Gasteiger partial charge in [-0.3, -0.25) is 0 Å². The fraction of sp³-hybridized carbons (Fsp3) is 0.312. The fourth-order valence-corrected chi connectivity index (χ4v) is 2.62. The smallest absolute Gasteiger partial charge is 0.387 e. The summed E-state index contributed by atoms with van der Waals surface area (Å²) in [5, 5.41) is 9.97. The lowest BCUT2D eigenvalue weighted by Gasteiger charge is -2.20. The third-order valence-corrected chi connectivity index (χ3v) is 3.76. The first-order valence-electron chi connectivity index (χ1n) is 6.80. The number of pyridine rings is 1. The molecule has 110 valence electrons. The molecule has 0 saturated heterocycles. The van der Waals surface area contributed by atoms with Crippen molar-refractivity contribution >= 4 is 0 Å². The van der Waals surface area contributed by atoms with Crippen molar-refractivity contribution < 1.29 is 18.3 Å². The molecule has 0 fully saturated rings. The second kappa shape index (κ2) is 5.15. The molecule has 1 heterocycles. The molecule has 21 heavy (non-hydrogen) atoms. The molecule has 3 rings (SSSR count). The van der Waals surface area contributed by atoms with Crippen LogP contribution in [0.2, 0.25) is 0 Å². The molecule has 0 radical (unpaired) electrons. The zero-order chi connectivity index (χ0) is 15.0. The van der Waals surface area contributed by atoms with Gasteiger partial charge >= 0.3 is 6.18 Å². The largest absolute Gasteiger partial charge is 0.416 e. The van der Waals surface area contributed by atoms with E-state index in [2.05, 4.69) is 4.98 Å². The quantitative estimate of drug-likeness (QED) is 0.857. The van der Waals surface area contributed by atoms with Crippen LogP contribution in [0.3, 0.4) is 0 Å². The maximum Gasteiger partial charge on any atom is 0.416 e. The number of alkyl halides is 3. The summed E-state index contributed by atoms with van der Waals surface area (Å²) in [6.07, 6.45) is -2.43.